The molecule has 1 amide bonds. The molecule has 3 rings (SSSR count). The highest BCUT2D eigenvalue weighted by molar-refractivity contribution is 5.99. The number of carbonyl (C=O) groups is 2. The van der Waals surface area contributed by atoms with Gasteiger partial charge in [-0.1, -0.05) is 29.8 Å². The molecule has 1 atom stereocenters. The van der Waals surface area contributed by atoms with Gasteiger partial charge in [0, 0.05) is 24.6 Å². The summed E-state index contributed by atoms with van der Waals surface area (Å²) in [7, 11) is 0. The molecule has 0 saturated heterocycles. The molecule has 0 aromatic heterocycles. The number of hydrazine groups is 1. The van der Waals surface area contributed by atoms with E-state index in [0.29, 0.717) is 30.5 Å². The minimum atomic E-state index is -0.488. The number of aryl methyl sites for hydroxylation is 1. The number of rotatable bonds is 2. The minimum absolute atomic E-state index is 0.00311. The molecule has 0 spiro atoms. The third kappa shape index (κ3) is 2.89. The Bertz CT molecular complexity index is 860. The molecule has 3 N–H and O–H groups in total. The van der Waals surface area contributed by atoms with Crippen molar-refractivity contribution in [3.05, 3.63) is 58.1 Å². The number of ketones is 1. The van der Waals surface area contributed by atoms with Gasteiger partial charge in [-0.2, -0.15) is 5.26 Å². The van der Waals surface area contributed by atoms with E-state index in [1.165, 1.54) is 11.9 Å². The Morgan fingerprint density at radius 3 is 2.80 bits per heavy atom. The fourth-order valence-electron chi connectivity index (χ4n) is 3.55. The Morgan fingerprint density at radius 1 is 1.40 bits per heavy atom. The Morgan fingerprint density at radius 2 is 2.16 bits per heavy atom. The first-order valence-corrected chi connectivity index (χ1v) is 8.24. The van der Waals surface area contributed by atoms with Crippen LogP contribution in [-0.4, -0.2) is 16.7 Å². The third-order valence-corrected chi connectivity index (χ3v) is 4.56. The highest BCUT2D eigenvalue weighted by atomic mass is 16.2. The standard InChI is InChI=1S/C19H20N4O2/c1-11-5-3-6-13(9-11)17-14(10-20)19(21)23(22-12(2)24)15-7-4-8-16(25)18(15)17/h3,5-6,9,17H,4,7-8,21H2,1-2H3,(H,22,24). The summed E-state index contributed by atoms with van der Waals surface area (Å²) in [4.78, 5) is 24.3. The summed E-state index contributed by atoms with van der Waals surface area (Å²) in [6.07, 6.45) is 1.76. The van der Waals surface area contributed by atoms with Crippen LogP contribution in [0.5, 0.6) is 0 Å². The molecule has 1 unspecified atom stereocenters. The number of allylic oxidation sites excluding steroid dienone is 3. The first-order chi connectivity index (χ1) is 11.9. The predicted molar refractivity (Wildman–Crippen MR) is 92.3 cm³/mol. The number of Topliss-reactive ketones (excluding diaryl/α,β-unsaturated/α-hetero) is 1. The van der Waals surface area contributed by atoms with Crippen LogP contribution in [0.1, 0.15) is 43.2 Å². The van der Waals surface area contributed by atoms with E-state index in [1.807, 2.05) is 31.2 Å². The van der Waals surface area contributed by atoms with Crippen molar-refractivity contribution in [2.45, 2.75) is 39.0 Å². The molecule has 2 aliphatic rings. The Labute approximate surface area is 146 Å². The number of hydrogen-bond acceptors (Lipinski definition) is 5. The topological polar surface area (TPSA) is 99.2 Å². The lowest BCUT2D eigenvalue weighted by atomic mass is 9.76. The molecule has 0 radical (unpaired) electrons. The smallest absolute Gasteiger partial charge is 0.235 e. The fraction of sp³-hybridized carbons (Fsp3) is 0.316. The fourth-order valence-corrected chi connectivity index (χ4v) is 3.55. The molecule has 6 heteroatoms. The van der Waals surface area contributed by atoms with E-state index in [-0.39, 0.29) is 23.1 Å². The average molecular weight is 336 g/mol. The second-order valence-electron chi connectivity index (χ2n) is 6.40. The van der Waals surface area contributed by atoms with E-state index in [4.69, 9.17) is 5.73 Å². The maximum absolute atomic E-state index is 12.7. The molecule has 0 fully saturated rings. The van der Waals surface area contributed by atoms with Crippen molar-refractivity contribution >= 4 is 11.7 Å². The summed E-state index contributed by atoms with van der Waals surface area (Å²) in [6.45, 7) is 3.34. The minimum Gasteiger partial charge on any atom is -0.383 e. The number of benzene rings is 1. The number of nitrogens with two attached hydrogens (primary N) is 1. The molecule has 1 heterocycles. The van der Waals surface area contributed by atoms with Crippen LogP contribution in [0, 0.1) is 18.3 Å². The number of amides is 1. The highest BCUT2D eigenvalue weighted by Crippen LogP contribution is 2.44. The van der Waals surface area contributed by atoms with Crippen molar-refractivity contribution in [1.29, 1.82) is 5.26 Å². The molecule has 1 aromatic rings. The van der Waals surface area contributed by atoms with Crippen molar-refractivity contribution in [1.82, 2.24) is 10.4 Å². The first kappa shape index (κ1) is 16.8. The van der Waals surface area contributed by atoms with E-state index >= 15 is 0 Å². The molecule has 1 aliphatic heterocycles. The zero-order valence-corrected chi connectivity index (χ0v) is 14.3. The summed E-state index contributed by atoms with van der Waals surface area (Å²) >= 11 is 0. The molecule has 25 heavy (non-hydrogen) atoms. The zero-order valence-electron chi connectivity index (χ0n) is 14.3. The normalized spacial score (nSPS) is 20.3. The number of nitriles is 1. The second-order valence-corrected chi connectivity index (χ2v) is 6.40. The number of nitrogens with one attached hydrogen (secondary N) is 1. The first-order valence-electron chi connectivity index (χ1n) is 8.24. The molecule has 0 saturated carbocycles. The van der Waals surface area contributed by atoms with Gasteiger partial charge in [-0.3, -0.25) is 15.0 Å². The molecule has 0 bridgehead atoms. The van der Waals surface area contributed by atoms with Gasteiger partial charge in [-0.25, -0.2) is 5.01 Å². The summed E-state index contributed by atoms with van der Waals surface area (Å²) in [6, 6.07) is 9.90. The van der Waals surface area contributed by atoms with Gasteiger partial charge in [0.15, 0.2) is 5.78 Å². The Balaban J connectivity index is 2.24. The molecule has 1 aromatic carbocycles. The summed E-state index contributed by atoms with van der Waals surface area (Å²) in [5.74, 6) is -0.613. The van der Waals surface area contributed by atoms with E-state index in [9.17, 15) is 14.9 Å². The van der Waals surface area contributed by atoms with Gasteiger partial charge in [0.1, 0.15) is 5.82 Å². The number of nitrogens with zero attached hydrogens (tertiary/aromatic N) is 2. The van der Waals surface area contributed by atoms with Crippen molar-refractivity contribution in [3.63, 3.8) is 0 Å². The molecule has 128 valence electrons. The van der Waals surface area contributed by atoms with Gasteiger partial charge in [0.25, 0.3) is 0 Å². The monoisotopic (exact) mass is 336 g/mol. The van der Waals surface area contributed by atoms with Crippen molar-refractivity contribution in [2.75, 3.05) is 0 Å². The molecule has 1 aliphatic carbocycles. The van der Waals surface area contributed by atoms with E-state index in [0.717, 1.165) is 11.1 Å². The summed E-state index contributed by atoms with van der Waals surface area (Å²) < 4.78 is 0. The van der Waals surface area contributed by atoms with Gasteiger partial charge < -0.3 is 5.73 Å². The van der Waals surface area contributed by atoms with E-state index in [1.54, 1.807) is 0 Å². The van der Waals surface area contributed by atoms with Crippen LogP contribution in [0.2, 0.25) is 0 Å². The van der Waals surface area contributed by atoms with E-state index in [2.05, 4.69) is 11.5 Å². The number of carbonyl (C=O) groups excluding carboxylic acids is 2. The van der Waals surface area contributed by atoms with Gasteiger partial charge in [0.2, 0.25) is 5.91 Å². The van der Waals surface area contributed by atoms with E-state index < -0.39 is 5.92 Å². The average Bonchev–Trinajstić information content (AvgIpc) is 2.57. The van der Waals surface area contributed by atoms with Crippen LogP contribution >= 0.6 is 0 Å². The van der Waals surface area contributed by atoms with Crippen molar-refractivity contribution in [3.8, 4) is 6.07 Å². The largest absolute Gasteiger partial charge is 0.383 e. The molecular formula is C19H20N4O2. The Hall–Kier alpha value is -3.07. The van der Waals surface area contributed by atoms with Crippen LogP contribution in [0.3, 0.4) is 0 Å². The Kier molecular flexibility index (Phi) is 4.32. The van der Waals surface area contributed by atoms with Crippen LogP contribution in [0.25, 0.3) is 0 Å². The van der Waals surface area contributed by atoms with Gasteiger partial charge in [0.05, 0.1) is 17.6 Å². The lowest BCUT2D eigenvalue weighted by Crippen LogP contribution is -2.47. The third-order valence-electron chi connectivity index (χ3n) is 4.56. The van der Waals surface area contributed by atoms with Crippen LogP contribution in [0.4, 0.5) is 0 Å². The quantitative estimate of drug-likeness (QED) is 0.862. The van der Waals surface area contributed by atoms with Crippen molar-refractivity contribution in [2.24, 2.45) is 5.73 Å². The summed E-state index contributed by atoms with van der Waals surface area (Å²) in [5, 5.41) is 11.1. The van der Waals surface area contributed by atoms with Crippen LogP contribution in [0.15, 0.2) is 46.9 Å². The lowest BCUT2D eigenvalue weighted by molar-refractivity contribution is -0.123. The molecule has 6 nitrogen and oxygen atoms in total. The van der Waals surface area contributed by atoms with Crippen molar-refractivity contribution < 1.29 is 9.59 Å². The zero-order chi connectivity index (χ0) is 18.1. The highest BCUT2D eigenvalue weighted by Gasteiger charge is 2.40. The van der Waals surface area contributed by atoms with Gasteiger partial charge in [-0.15, -0.1) is 0 Å². The SMILES string of the molecule is CC(=O)NN1C(N)=C(C#N)C(c2cccc(C)c2)C2=C1CCCC2=O. The predicted octanol–water partition coefficient (Wildman–Crippen LogP) is 2.15. The lowest BCUT2D eigenvalue weighted by Gasteiger charge is -2.39. The second kappa shape index (κ2) is 6.44. The van der Waals surface area contributed by atoms with Gasteiger partial charge in [-0.05, 0) is 25.3 Å². The van der Waals surface area contributed by atoms with Crippen LogP contribution < -0.4 is 11.2 Å². The molecular weight excluding hydrogens is 316 g/mol. The van der Waals surface area contributed by atoms with Gasteiger partial charge >= 0.3 is 0 Å². The number of hydrogen-bond donors (Lipinski definition) is 2. The summed E-state index contributed by atoms with van der Waals surface area (Å²) in [5.41, 5.74) is 12.3. The van der Waals surface area contributed by atoms with Crippen LogP contribution in [-0.2, 0) is 9.59 Å². The maximum atomic E-state index is 12.7. The maximum Gasteiger partial charge on any atom is 0.235 e.